The third kappa shape index (κ3) is 2.88. The summed E-state index contributed by atoms with van der Waals surface area (Å²) in [6.07, 6.45) is 0. The smallest absolute Gasteiger partial charge is 0.239 e. The lowest BCUT2D eigenvalue weighted by atomic mass is 10.0. The number of hydrogen-bond donors (Lipinski definition) is 1. The summed E-state index contributed by atoms with van der Waals surface area (Å²) in [5.41, 5.74) is 6.12. The quantitative estimate of drug-likeness (QED) is 0.823. The zero-order valence-corrected chi connectivity index (χ0v) is 10.6. The molecule has 5 nitrogen and oxygen atoms in total. The summed E-state index contributed by atoms with van der Waals surface area (Å²) in [5.74, 6) is 0.841. The van der Waals surface area contributed by atoms with E-state index >= 15 is 0 Å². The molecule has 0 heterocycles. The van der Waals surface area contributed by atoms with Crippen LogP contribution in [0.4, 0.5) is 0 Å². The van der Waals surface area contributed by atoms with E-state index in [9.17, 15) is 4.79 Å². The van der Waals surface area contributed by atoms with E-state index in [1.54, 1.807) is 51.4 Å². The van der Waals surface area contributed by atoms with Crippen LogP contribution in [0.2, 0.25) is 0 Å². The molecule has 0 aromatic heterocycles. The van der Waals surface area contributed by atoms with Gasteiger partial charge in [0.25, 0.3) is 0 Å². The first-order valence-corrected chi connectivity index (χ1v) is 5.19. The molecule has 1 amide bonds. The molecule has 0 saturated carbocycles. The molecule has 0 fully saturated rings. The Labute approximate surface area is 101 Å². The molecule has 2 N–H and O–H groups in total. The van der Waals surface area contributed by atoms with Crippen molar-refractivity contribution >= 4 is 5.91 Å². The molecule has 1 aromatic rings. The summed E-state index contributed by atoms with van der Waals surface area (Å²) < 4.78 is 10.4. The van der Waals surface area contributed by atoms with E-state index in [0.717, 1.165) is 5.56 Å². The number of hydrogen-bond acceptors (Lipinski definition) is 4. The molecule has 0 aliphatic rings. The van der Waals surface area contributed by atoms with Crippen molar-refractivity contribution in [2.75, 3.05) is 28.3 Å². The van der Waals surface area contributed by atoms with Gasteiger partial charge in [0.1, 0.15) is 17.5 Å². The summed E-state index contributed by atoms with van der Waals surface area (Å²) >= 11 is 0. The fraction of sp³-hybridized carbons (Fsp3) is 0.417. The van der Waals surface area contributed by atoms with Gasteiger partial charge in [0.05, 0.1) is 14.2 Å². The standard InChI is InChI=1S/C12H18N2O3/c1-14(2)11(12(13)15)9-6-5-8(16-3)7-10(9)17-4/h5-7,11H,1-4H3,(H2,13,15). The molecule has 0 radical (unpaired) electrons. The highest BCUT2D eigenvalue weighted by molar-refractivity contribution is 5.82. The summed E-state index contributed by atoms with van der Waals surface area (Å²) in [5, 5.41) is 0. The number of primary amides is 1. The van der Waals surface area contributed by atoms with E-state index in [-0.39, 0.29) is 0 Å². The van der Waals surface area contributed by atoms with Crippen LogP contribution in [0.25, 0.3) is 0 Å². The number of carbonyl (C=O) groups excluding carboxylic acids is 1. The Morgan fingerprint density at radius 3 is 2.35 bits per heavy atom. The molecule has 0 bridgehead atoms. The summed E-state index contributed by atoms with van der Waals surface area (Å²) in [6.45, 7) is 0. The molecular formula is C12H18N2O3. The van der Waals surface area contributed by atoms with Crippen LogP contribution in [-0.4, -0.2) is 39.1 Å². The number of nitrogens with zero attached hydrogens (tertiary/aromatic N) is 1. The predicted octanol–water partition coefficient (Wildman–Crippen LogP) is 0.792. The molecule has 1 atom stereocenters. The highest BCUT2D eigenvalue weighted by Crippen LogP contribution is 2.31. The average molecular weight is 238 g/mol. The Balaban J connectivity index is 3.23. The largest absolute Gasteiger partial charge is 0.497 e. The van der Waals surface area contributed by atoms with Crippen LogP contribution in [-0.2, 0) is 4.79 Å². The molecular weight excluding hydrogens is 220 g/mol. The second-order valence-electron chi connectivity index (χ2n) is 3.88. The van der Waals surface area contributed by atoms with Gasteiger partial charge in [-0.3, -0.25) is 9.69 Å². The molecule has 17 heavy (non-hydrogen) atoms. The van der Waals surface area contributed by atoms with Crippen LogP contribution >= 0.6 is 0 Å². The van der Waals surface area contributed by atoms with Crippen molar-refractivity contribution in [1.29, 1.82) is 0 Å². The van der Waals surface area contributed by atoms with E-state index < -0.39 is 11.9 Å². The SMILES string of the molecule is COc1ccc(C(C(N)=O)N(C)C)c(OC)c1. The molecule has 1 rings (SSSR count). The zero-order chi connectivity index (χ0) is 13.0. The molecule has 94 valence electrons. The van der Waals surface area contributed by atoms with Crippen molar-refractivity contribution in [3.8, 4) is 11.5 Å². The lowest BCUT2D eigenvalue weighted by Gasteiger charge is -2.23. The van der Waals surface area contributed by atoms with Crippen LogP contribution in [0, 0.1) is 0 Å². The third-order valence-electron chi connectivity index (χ3n) is 2.52. The predicted molar refractivity (Wildman–Crippen MR) is 65.2 cm³/mol. The van der Waals surface area contributed by atoms with Crippen molar-refractivity contribution in [2.45, 2.75) is 6.04 Å². The molecule has 0 aliphatic heterocycles. The molecule has 5 heteroatoms. The van der Waals surface area contributed by atoms with Gasteiger partial charge >= 0.3 is 0 Å². The number of likely N-dealkylation sites (N-methyl/N-ethyl adjacent to an activating group) is 1. The summed E-state index contributed by atoms with van der Waals surface area (Å²) in [4.78, 5) is 13.2. The average Bonchev–Trinajstić information content (AvgIpc) is 2.28. The van der Waals surface area contributed by atoms with Crippen LogP contribution in [0.5, 0.6) is 11.5 Å². The molecule has 1 aromatic carbocycles. The van der Waals surface area contributed by atoms with Gasteiger partial charge < -0.3 is 15.2 Å². The fourth-order valence-corrected chi connectivity index (χ4v) is 1.73. The van der Waals surface area contributed by atoms with Gasteiger partial charge in [-0.1, -0.05) is 0 Å². The van der Waals surface area contributed by atoms with E-state index in [1.807, 2.05) is 0 Å². The number of amides is 1. The highest BCUT2D eigenvalue weighted by Gasteiger charge is 2.24. The van der Waals surface area contributed by atoms with E-state index in [4.69, 9.17) is 15.2 Å². The minimum atomic E-state index is -0.518. The molecule has 0 spiro atoms. The van der Waals surface area contributed by atoms with E-state index in [1.165, 1.54) is 0 Å². The maximum atomic E-state index is 11.5. The Kier molecular flexibility index (Phi) is 4.34. The molecule has 0 saturated heterocycles. The van der Waals surface area contributed by atoms with Crippen LogP contribution < -0.4 is 15.2 Å². The molecule has 1 unspecified atom stereocenters. The van der Waals surface area contributed by atoms with Crippen LogP contribution in [0.1, 0.15) is 11.6 Å². The van der Waals surface area contributed by atoms with Crippen molar-refractivity contribution in [3.63, 3.8) is 0 Å². The van der Waals surface area contributed by atoms with Crippen LogP contribution in [0.3, 0.4) is 0 Å². The second-order valence-corrected chi connectivity index (χ2v) is 3.88. The minimum absolute atomic E-state index is 0.418. The Hall–Kier alpha value is -1.75. The zero-order valence-electron chi connectivity index (χ0n) is 10.6. The Bertz CT molecular complexity index is 405. The number of rotatable bonds is 5. The van der Waals surface area contributed by atoms with Crippen molar-refractivity contribution in [1.82, 2.24) is 4.90 Å². The number of nitrogens with two attached hydrogens (primary N) is 1. The highest BCUT2D eigenvalue weighted by atomic mass is 16.5. The van der Waals surface area contributed by atoms with Gasteiger partial charge in [-0.2, -0.15) is 0 Å². The van der Waals surface area contributed by atoms with Crippen molar-refractivity contribution in [3.05, 3.63) is 23.8 Å². The van der Waals surface area contributed by atoms with Gasteiger partial charge in [0.15, 0.2) is 0 Å². The van der Waals surface area contributed by atoms with Crippen LogP contribution in [0.15, 0.2) is 18.2 Å². The van der Waals surface area contributed by atoms with Crippen molar-refractivity contribution < 1.29 is 14.3 Å². The minimum Gasteiger partial charge on any atom is -0.497 e. The second kappa shape index (κ2) is 5.54. The molecule has 0 aliphatic carbocycles. The topological polar surface area (TPSA) is 64.8 Å². The Morgan fingerprint density at radius 2 is 1.94 bits per heavy atom. The van der Waals surface area contributed by atoms with Gasteiger partial charge in [0, 0.05) is 11.6 Å². The van der Waals surface area contributed by atoms with Gasteiger partial charge in [0.2, 0.25) is 5.91 Å². The summed E-state index contributed by atoms with van der Waals surface area (Å²) in [6, 6.07) is 4.77. The first kappa shape index (κ1) is 13.3. The lowest BCUT2D eigenvalue weighted by Crippen LogP contribution is -2.33. The number of ether oxygens (including phenoxy) is 2. The number of benzene rings is 1. The van der Waals surface area contributed by atoms with E-state index in [2.05, 4.69) is 0 Å². The Morgan fingerprint density at radius 1 is 1.29 bits per heavy atom. The monoisotopic (exact) mass is 238 g/mol. The maximum absolute atomic E-state index is 11.5. The van der Waals surface area contributed by atoms with E-state index in [0.29, 0.717) is 11.5 Å². The number of methoxy groups -OCH3 is 2. The van der Waals surface area contributed by atoms with Gasteiger partial charge in [-0.05, 0) is 26.2 Å². The van der Waals surface area contributed by atoms with Crippen molar-refractivity contribution in [2.24, 2.45) is 5.73 Å². The first-order valence-electron chi connectivity index (χ1n) is 5.19. The maximum Gasteiger partial charge on any atom is 0.239 e. The third-order valence-corrected chi connectivity index (χ3v) is 2.52. The lowest BCUT2D eigenvalue weighted by molar-refractivity contribution is -0.122. The first-order chi connectivity index (χ1) is 8.01. The normalized spacial score (nSPS) is 12.3. The summed E-state index contributed by atoms with van der Waals surface area (Å²) in [7, 11) is 6.70. The number of carbonyl (C=O) groups is 1. The van der Waals surface area contributed by atoms with Gasteiger partial charge in [-0.25, -0.2) is 0 Å². The van der Waals surface area contributed by atoms with Gasteiger partial charge in [-0.15, -0.1) is 0 Å². The fourth-order valence-electron chi connectivity index (χ4n) is 1.73.